The van der Waals surface area contributed by atoms with Gasteiger partial charge in [0, 0.05) is 41.6 Å². The Labute approximate surface area is 179 Å². The van der Waals surface area contributed by atoms with Gasteiger partial charge < -0.3 is 9.47 Å². The number of imidazole rings is 1. The van der Waals surface area contributed by atoms with Gasteiger partial charge in [0.2, 0.25) is 0 Å². The Kier molecular flexibility index (Phi) is 4.85. The molecule has 6 nitrogen and oxygen atoms in total. The lowest BCUT2D eigenvalue weighted by molar-refractivity contribution is 0.0739. The number of nitrogens with one attached hydrogen (secondary N) is 1. The van der Waals surface area contributed by atoms with Crippen molar-refractivity contribution in [1.29, 1.82) is 0 Å². The van der Waals surface area contributed by atoms with Crippen LogP contribution in [-0.4, -0.2) is 37.1 Å². The number of amides is 1. The molecule has 0 radical (unpaired) electrons. The number of hydrogen-bond acceptors (Lipinski definition) is 3. The summed E-state index contributed by atoms with van der Waals surface area (Å²) < 4.78 is 2.02. The van der Waals surface area contributed by atoms with Crippen molar-refractivity contribution in [3.05, 3.63) is 95.2 Å². The Morgan fingerprint density at radius 1 is 1.03 bits per heavy atom. The highest BCUT2D eigenvalue weighted by atomic mass is 35.5. The first-order valence-electron chi connectivity index (χ1n) is 9.88. The number of aromatic nitrogens is 4. The first-order chi connectivity index (χ1) is 14.7. The molecule has 30 heavy (non-hydrogen) atoms. The topological polar surface area (TPSA) is 66.8 Å². The van der Waals surface area contributed by atoms with Gasteiger partial charge in [0.1, 0.15) is 5.69 Å². The van der Waals surface area contributed by atoms with Gasteiger partial charge in [0.25, 0.3) is 5.91 Å². The van der Waals surface area contributed by atoms with Crippen LogP contribution in [0.3, 0.4) is 0 Å². The average molecular weight is 418 g/mol. The summed E-state index contributed by atoms with van der Waals surface area (Å²) in [6.07, 6.45) is 6.32. The molecule has 2 aromatic carbocycles. The van der Waals surface area contributed by atoms with Crippen LogP contribution in [0.2, 0.25) is 5.02 Å². The van der Waals surface area contributed by atoms with Gasteiger partial charge in [-0.3, -0.25) is 9.89 Å². The van der Waals surface area contributed by atoms with Crippen LogP contribution < -0.4 is 0 Å². The van der Waals surface area contributed by atoms with Gasteiger partial charge in [-0.15, -0.1) is 0 Å². The molecule has 3 heterocycles. The molecule has 150 valence electrons. The van der Waals surface area contributed by atoms with Crippen molar-refractivity contribution >= 4 is 17.5 Å². The normalized spacial score (nSPS) is 15.6. The second kappa shape index (κ2) is 7.80. The fraction of sp³-hybridized carbons (Fsp3) is 0.174. The summed E-state index contributed by atoms with van der Waals surface area (Å²) in [7, 11) is 0. The molecule has 1 amide bonds. The van der Waals surface area contributed by atoms with Crippen LogP contribution >= 0.6 is 11.6 Å². The number of aromatic amines is 1. The number of halogens is 1. The molecule has 1 N–H and O–H groups in total. The van der Waals surface area contributed by atoms with Crippen LogP contribution in [0.5, 0.6) is 0 Å². The minimum atomic E-state index is -0.207. The lowest BCUT2D eigenvalue weighted by atomic mass is 9.96. The third kappa shape index (κ3) is 3.29. The van der Waals surface area contributed by atoms with Gasteiger partial charge in [-0.25, -0.2) is 4.98 Å². The monoisotopic (exact) mass is 417 g/mol. The van der Waals surface area contributed by atoms with Gasteiger partial charge in [-0.2, -0.15) is 5.10 Å². The summed E-state index contributed by atoms with van der Waals surface area (Å²) in [5, 5.41) is 8.16. The molecule has 1 aliphatic heterocycles. The van der Waals surface area contributed by atoms with E-state index in [1.807, 2.05) is 70.3 Å². The molecule has 0 spiro atoms. The number of carbonyl (C=O) groups excluding carboxylic acids is 1. The van der Waals surface area contributed by atoms with Crippen molar-refractivity contribution in [2.24, 2.45) is 0 Å². The van der Waals surface area contributed by atoms with Crippen molar-refractivity contribution in [3.63, 3.8) is 0 Å². The van der Waals surface area contributed by atoms with Crippen molar-refractivity contribution in [3.8, 4) is 11.3 Å². The molecular formula is C23H20ClN5O. The van der Waals surface area contributed by atoms with E-state index in [4.69, 9.17) is 11.6 Å². The average Bonchev–Trinajstić information content (AvgIpc) is 3.49. The van der Waals surface area contributed by atoms with E-state index in [9.17, 15) is 4.79 Å². The van der Waals surface area contributed by atoms with Crippen molar-refractivity contribution in [2.45, 2.75) is 19.0 Å². The molecular weight excluding hydrogens is 398 g/mol. The quantitative estimate of drug-likeness (QED) is 0.500. The molecule has 0 aliphatic carbocycles. The molecule has 1 aliphatic rings. The fourth-order valence-corrected chi connectivity index (χ4v) is 4.20. The highest BCUT2D eigenvalue weighted by Gasteiger charge is 2.41. The van der Waals surface area contributed by atoms with Gasteiger partial charge in [-0.05, 0) is 24.1 Å². The molecule has 0 bridgehead atoms. The zero-order valence-corrected chi connectivity index (χ0v) is 17.0. The third-order valence-corrected chi connectivity index (χ3v) is 5.72. The van der Waals surface area contributed by atoms with Gasteiger partial charge in [0.15, 0.2) is 0 Å². The molecule has 5 rings (SSSR count). The molecule has 7 heteroatoms. The lowest BCUT2D eigenvalue weighted by Crippen LogP contribution is -2.31. The minimum absolute atomic E-state index is 0.0229. The summed E-state index contributed by atoms with van der Waals surface area (Å²) in [6.45, 7) is 1.43. The molecule has 0 saturated carbocycles. The first-order valence-corrected chi connectivity index (χ1v) is 10.3. The van der Waals surface area contributed by atoms with E-state index in [0.29, 0.717) is 17.3 Å². The molecule has 1 unspecified atom stereocenters. The predicted octanol–water partition coefficient (Wildman–Crippen LogP) is 4.56. The van der Waals surface area contributed by atoms with E-state index in [0.717, 1.165) is 35.3 Å². The third-order valence-electron chi connectivity index (χ3n) is 5.47. The second-order valence-electron chi connectivity index (χ2n) is 7.33. The molecule has 2 aromatic heterocycles. The Morgan fingerprint density at radius 2 is 1.83 bits per heavy atom. The Bertz CT molecular complexity index is 1150. The standard InChI is InChI=1S/C23H20ClN5O/c24-18-9-7-17(8-10-18)22-19-20(16-5-2-1-3-6-16)26-27-21(19)23(30)29(22)13-4-12-28-14-11-25-15-28/h1-3,5-11,14-15,22H,4,12-13H2,(H,26,27). The zero-order valence-electron chi connectivity index (χ0n) is 16.2. The predicted molar refractivity (Wildman–Crippen MR) is 115 cm³/mol. The van der Waals surface area contributed by atoms with Crippen LogP contribution in [0.1, 0.15) is 34.1 Å². The molecule has 0 saturated heterocycles. The first kappa shape index (κ1) is 18.6. The van der Waals surface area contributed by atoms with Crippen LogP contribution in [0.25, 0.3) is 11.3 Å². The molecule has 1 atom stereocenters. The SMILES string of the molecule is O=C1c2[nH]nc(-c3ccccc3)c2C(c2ccc(Cl)cc2)N1CCCn1ccnc1. The Balaban J connectivity index is 1.52. The van der Waals surface area contributed by atoms with E-state index in [2.05, 4.69) is 15.2 Å². The van der Waals surface area contributed by atoms with Gasteiger partial charge >= 0.3 is 0 Å². The smallest absolute Gasteiger partial charge is 0.273 e. The van der Waals surface area contributed by atoms with Crippen molar-refractivity contribution < 1.29 is 4.79 Å². The van der Waals surface area contributed by atoms with Crippen LogP contribution in [0, 0.1) is 0 Å². The maximum atomic E-state index is 13.3. The van der Waals surface area contributed by atoms with Crippen molar-refractivity contribution in [2.75, 3.05) is 6.54 Å². The number of nitrogens with zero attached hydrogens (tertiary/aromatic N) is 4. The number of hydrogen-bond donors (Lipinski definition) is 1. The summed E-state index contributed by atoms with van der Waals surface area (Å²) in [5.74, 6) is -0.0229. The Morgan fingerprint density at radius 3 is 2.57 bits per heavy atom. The number of fused-ring (bicyclic) bond motifs is 1. The molecule has 4 aromatic rings. The van der Waals surface area contributed by atoms with E-state index in [1.165, 1.54) is 0 Å². The summed E-state index contributed by atoms with van der Waals surface area (Å²) in [4.78, 5) is 19.3. The van der Waals surface area contributed by atoms with E-state index >= 15 is 0 Å². The highest BCUT2D eigenvalue weighted by molar-refractivity contribution is 6.30. The summed E-state index contributed by atoms with van der Waals surface area (Å²) in [5.41, 5.74) is 4.32. The van der Waals surface area contributed by atoms with Crippen molar-refractivity contribution in [1.82, 2.24) is 24.6 Å². The molecule has 0 fully saturated rings. The number of aryl methyl sites for hydroxylation is 1. The van der Waals surface area contributed by atoms with Crippen LogP contribution in [-0.2, 0) is 6.54 Å². The summed E-state index contributed by atoms with van der Waals surface area (Å²) >= 11 is 6.12. The maximum absolute atomic E-state index is 13.3. The second-order valence-corrected chi connectivity index (χ2v) is 7.77. The number of carbonyl (C=O) groups is 1. The number of rotatable bonds is 6. The minimum Gasteiger partial charge on any atom is -0.337 e. The van der Waals surface area contributed by atoms with E-state index in [1.54, 1.807) is 12.5 Å². The van der Waals surface area contributed by atoms with E-state index in [-0.39, 0.29) is 11.9 Å². The van der Waals surface area contributed by atoms with E-state index < -0.39 is 0 Å². The zero-order chi connectivity index (χ0) is 20.5. The fourth-order valence-electron chi connectivity index (χ4n) is 4.08. The lowest BCUT2D eigenvalue weighted by Gasteiger charge is -2.26. The van der Waals surface area contributed by atoms with Gasteiger partial charge in [0.05, 0.1) is 18.1 Å². The number of H-pyrrole nitrogens is 1. The van der Waals surface area contributed by atoms with Gasteiger partial charge in [-0.1, -0.05) is 54.1 Å². The highest BCUT2D eigenvalue weighted by Crippen LogP contribution is 2.42. The Hall–Kier alpha value is -3.38. The van der Waals surface area contributed by atoms with Crippen LogP contribution in [0.15, 0.2) is 73.3 Å². The summed E-state index contributed by atoms with van der Waals surface area (Å²) in [6, 6.07) is 17.5. The van der Waals surface area contributed by atoms with Crippen LogP contribution in [0.4, 0.5) is 0 Å². The number of benzene rings is 2. The largest absolute Gasteiger partial charge is 0.337 e. The maximum Gasteiger partial charge on any atom is 0.273 e.